The Bertz CT molecular complexity index is 1080. The summed E-state index contributed by atoms with van der Waals surface area (Å²) in [6, 6.07) is 23.7. The molecule has 1 heterocycles. The molecule has 1 amide bonds. The van der Waals surface area contributed by atoms with Gasteiger partial charge in [0.05, 0.1) is 23.2 Å². The number of thiazole rings is 1. The van der Waals surface area contributed by atoms with E-state index in [1.165, 1.54) is 5.56 Å². The summed E-state index contributed by atoms with van der Waals surface area (Å²) in [6.45, 7) is 2.06. The van der Waals surface area contributed by atoms with Gasteiger partial charge in [-0.25, -0.2) is 4.98 Å². The first kappa shape index (κ1) is 19.2. The van der Waals surface area contributed by atoms with Crippen LogP contribution in [0.2, 0.25) is 0 Å². The minimum atomic E-state index is -0.364. The third-order valence-corrected chi connectivity index (χ3v) is 5.99. The van der Waals surface area contributed by atoms with Crippen LogP contribution in [0.5, 0.6) is 5.75 Å². The normalized spacial score (nSPS) is 11.9. The van der Waals surface area contributed by atoms with E-state index in [1.54, 1.807) is 18.4 Å². The van der Waals surface area contributed by atoms with Crippen LogP contribution < -0.4 is 10.1 Å². The zero-order valence-corrected chi connectivity index (χ0v) is 17.2. The van der Waals surface area contributed by atoms with Gasteiger partial charge in [-0.2, -0.15) is 0 Å². The smallest absolute Gasteiger partial charge is 0.234 e. The highest BCUT2D eigenvalue weighted by Gasteiger charge is 2.25. The molecule has 0 saturated heterocycles. The Kier molecular flexibility index (Phi) is 5.58. The molecule has 0 unspecified atom stereocenters. The highest BCUT2D eigenvalue weighted by Crippen LogP contribution is 2.31. The van der Waals surface area contributed by atoms with Gasteiger partial charge < -0.3 is 10.1 Å². The number of nitrogens with zero attached hydrogens (tertiary/aromatic N) is 1. The Morgan fingerprint density at radius 3 is 2.45 bits per heavy atom. The predicted octanol–water partition coefficient (Wildman–Crippen LogP) is 5.58. The summed E-state index contributed by atoms with van der Waals surface area (Å²) in [5.74, 6) is 0.331. The number of methoxy groups -OCH3 is 1. The lowest BCUT2D eigenvalue weighted by Gasteiger charge is -2.15. The molecule has 0 aliphatic carbocycles. The number of hydrogen-bond acceptors (Lipinski definition) is 4. The van der Waals surface area contributed by atoms with Crippen LogP contribution in [0.3, 0.4) is 0 Å². The number of hydrogen-bond donors (Lipinski definition) is 1. The van der Waals surface area contributed by atoms with Crippen molar-refractivity contribution in [3.63, 3.8) is 0 Å². The molecule has 146 valence electrons. The molecule has 0 fully saturated rings. The molecule has 0 bridgehead atoms. The van der Waals surface area contributed by atoms with Gasteiger partial charge in [0, 0.05) is 5.69 Å². The zero-order chi connectivity index (χ0) is 20.2. The van der Waals surface area contributed by atoms with Crippen molar-refractivity contribution in [2.45, 2.75) is 19.3 Å². The Labute approximate surface area is 174 Å². The van der Waals surface area contributed by atoms with Crippen molar-refractivity contribution in [3.05, 3.63) is 88.9 Å². The molecule has 0 saturated carbocycles. The first-order chi connectivity index (χ1) is 14.1. The average molecular weight is 403 g/mol. The van der Waals surface area contributed by atoms with E-state index in [9.17, 15) is 4.79 Å². The van der Waals surface area contributed by atoms with Crippen molar-refractivity contribution in [1.29, 1.82) is 0 Å². The molecule has 0 spiro atoms. The van der Waals surface area contributed by atoms with Crippen LogP contribution in [-0.4, -0.2) is 18.0 Å². The fraction of sp³-hybridized carbons (Fsp3) is 0.167. The second kappa shape index (κ2) is 8.45. The number of para-hydroxylation sites is 1. The Balaban J connectivity index is 1.64. The Hall–Kier alpha value is -3.18. The van der Waals surface area contributed by atoms with E-state index in [0.717, 1.165) is 32.2 Å². The lowest BCUT2D eigenvalue weighted by atomic mass is 9.98. The number of aryl methyl sites for hydroxylation is 1. The molecule has 4 aromatic rings. The molecule has 4 nitrogen and oxygen atoms in total. The number of ether oxygens (including phenoxy) is 1. The van der Waals surface area contributed by atoms with Gasteiger partial charge in [-0.3, -0.25) is 4.79 Å². The number of fused-ring (bicyclic) bond motifs is 1. The van der Waals surface area contributed by atoms with E-state index < -0.39 is 0 Å². The molecule has 1 atom stereocenters. The molecule has 1 N–H and O–H groups in total. The van der Waals surface area contributed by atoms with Crippen LogP contribution in [0.25, 0.3) is 10.2 Å². The summed E-state index contributed by atoms with van der Waals surface area (Å²) in [7, 11) is 1.62. The SMILES string of the molecule is COc1ccc(NC(=O)[C@H](Cc2ccc(C)cc2)c2nc3ccccc3s2)cc1. The van der Waals surface area contributed by atoms with E-state index >= 15 is 0 Å². The topological polar surface area (TPSA) is 51.2 Å². The van der Waals surface area contributed by atoms with Crippen LogP contribution >= 0.6 is 11.3 Å². The maximum absolute atomic E-state index is 13.2. The minimum absolute atomic E-state index is 0.0604. The van der Waals surface area contributed by atoms with E-state index in [1.807, 2.05) is 48.5 Å². The average Bonchev–Trinajstić information content (AvgIpc) is 3.17. The largest absolute Gasteiger partial charge is 0.497 e. The molecular weight excluding hydrogens is 380 g/mol. The summed E-state index contributed by atoms with van der Waals surface area (Å²) in [6.07, 6.45) is 0.599. The summed E-state index contributed by atoms with van der Waals surface area (Å²) in [5.41, 5.74) is 3.99. The van der Waals surface area contributed by atoms with Gasteiger partial charge in [0.2, 0.25) is 5.91 Å². The first-order valence-corrected chi connectivity index (χ1v) is 10.3. The number of aromatic nitrogens is 1. The van der Waals surface area contributed by atoms with Crippen molar-refractivity contribution in [3.8, 4) is 5.75 Å². The summed E-state index contributed by atoms with van der Waals surface area (Å²) in [4.78, 5) is 18.0. The second-order valence-electron chi connectivity index (χ2n) is 6.98. The minimum Gasteiger partial charge on any atom is -0.497 e. The lowest BCUT2D eigenvalue weighted by molar-refractivity contribution is -0.117. The van der Waals surface area contributed by atoms with E-state index in [2.05, 4.69) is 36.5 Å². The molecule has 0 aliphatic rings. The van der Waals surface area contributed by atoms with Gasteiger partial charge >= 0.3 is 0 Å². The number of rotatable bonds is 6. The summed E-state index contributed by atoms with van der Waals surface area (Å²) in [5, 5.41) is 3.87. The van der Waals surface area contributed by atoms with Gasteiger partial charge in [0.15, 0.2) is 0 Å². The molecule has 1 aromatic heterocycles. The van der Waals surface area contributed by atoms with Crippen molar-refractivity contribution in [2.75, 3.05) is 12.4 Å². The molecule has 5 heteroatoms. The molecule has 4 rings (SSSR count). The number of carbonyl (C=O) groups excluding carboxylic acids is 1. The molecular formula is C24H22N2O2S. The third-order valence-electron chi connectivity index (χ3n) is 4.84. The first-order valence-electron chi connectivity index (χ1n) is 9.48. The monoisotopic (exact) mass is 402 g/mol. The van der Waals surface area contributed by atoms with Crippen LogP contribution in [0.4, 0.5) is 5.69 Å². The highest BCUT2D eigenvalue weighted by atomic mass is 32.1. The van der Waals surface area contributed by atoms with Crippen molar-refractivity contribution in [1.82, 2.24) is 4.98 Å². The fourth-order valence-corrected chi connectivity index (χ4v) is 4.26. The summed E-state index contributed by atoms with van der Waals surface area (Å²) < 4.78 is 6.28. The Morgan fingerprint density at radius 1 is 1.03 bits per heavy atom. The quantitative estimate of drug-likeness (QED) is 0.458. The van der Waals surface area contributed by atoms with E-state index in [0.29, 0.717) is 6.42 Å². The number of carbonyl (C=O) groups is 1. The predicted molar refractivity (Wildman–Crippen MR) is 119 cm³/mol. The van der Waals surface area contributed by atoms with Gasteiger partial charge in [0.25, 0.3) is 0 Å². The van der Waals surface area contributed by atoms with Gasteiger partial charge in [-0.1, -0.05) is 42.0 Å². The number of benzene rings is 3. The van der Waals surface area contributed by atoms with Gasteiger partial charge in [-0.05, 0) is 55.3 Å². The van der Waals surface area contributed by atoms with E-state index in [-0.39, 0.29) is 11.8 Å². The molecule has 0 radical (unpaired) electrons. The van der Waals surface area contributed by atoms with Crippen LogP contribution in [0.15, 0.2) is 72.8 Å². The Morgan fingerprint density at radius 2 is 1.76 bits per heavy atom. The molecule has 3 aromatic carbocycles. The molecule has 29 heavy (non-hydrogen) atoms. The van der Waals surface area contributed by atoms with Crippen molar-refractivity contribution in [2.24, 2.45) is 0 Å². The third kappa shape index (κ3) is 4.46. The van der Waals surface area contributed by atoms with Crippen LogP contribution in [-0.2, 0) is 11.2 Å². The lowest BCUT2D eigenvalue weighted by Crippen LogP contribution is -2.23. The van der Waals surface area contributed by atoms with Crippen molar-refractivity contribution < 1.29 is 9.53 Å². The van der Waals surface area contributed by atoms with Gasteiger partial charge in [-0.15, -0.1) is 11.3 Å². The standard InChI is InChI=1S/C24H22N2O2S/c1-16-7-9-17(10-8-16)15-20(24-26-21-5-3-4-6-22(21)29-24)23(27)25-18-11-13-19(28-2)14-12-18/h3-14,20H,15H2,1-2H3,(H,25,27)/t20-/m0/s1. The fourth-order valence-electron chi connectivity index (χ4n) is 3.19. The van der Waals surface area contributed by atoms with Crippen molar-refractivity contribution >= 4 is 33.1 Å². The second-order valence-corrected chi connectivity index (χ2v) is 8.04. The van der Waals surface area contributed by atoms with Gasteiger partial charge in [0.1, 0.15) is 10.8 Å². The highest BCUT2D eigenvalue weighted by molar-refractivity contribution is 7.18. The number of amides is 1. The zero-order valence-electron chi connectivity index (χ0n) is 16.4. The maximum atomic E-state index is 13.2. The van der Waals surface area contributed by atoms with E-state index in [4.69, 9.17) is 9.72 Å². The molecule has 0 aliphatic heterocycles. The van der Waals surface area contributed by atoms with Crippen LogP contribution in [0.1, 0.15) is 22.1 Å². The number of nitrogens with one attached hydrogen (secondary N) is 1. The number of anilines is 1. The maximum Gasteiger partial charge on any atom is 0.234 e. The van der Waals surface area contributed by atoms with Crippen LogP contribution in [0, 0.1) is 6.92 Å². The summed E-state index contributed by atoms with van der Waals surface area (Å²) >= 11 is 1.58.